The summed E-state index contributed by atoms with van der Waals surface area (Å²) in [6, 6.07) is 10.4. The lowest BCUT2D eigenvalue weighted by atomic mass is 9.80. The number of nitrogens with zero attached hydrogens (tertiary/aromatic N) is 2. The van der Waals surface area contributed by atoms with Crippen LogP contribution in [0.3, 0.4) is 0 Å². The molecule has 1 aromatic carbocycles. The van der Waals surface area contributed by atoms with Crippen molar-refractivity contribution in [2.24, 2.45) is 11.1 Å². The maximum Gasteiger partial charge on any atom is 0.209 e. The van der Waals surface area contributed by atoms with Gasteiger partial charge in [0.25, 0.3) is 0 Å². The molecule has 0 spiro atoms. The first kappa shape index (κ1) is 20.0. The van der Waals surface area contributed by atoms with Crippen LogP contribution in [0.5, 0.6) is 0 Å². The van der Waals surface area contributed by atoms with Gasteiger partial charge in [-0.2, -0.15) is 0 Å². The number of rotatable bonds is 3. The minimum Gasteiger partial charge on any atom is -0.439 e. The van der Waals surface area contributed by atoms with Crippen molar-refractivity contribution in [3.8, 4) is 11.3 Å². The molecule has 1 saturated heterocycles. The second kappa shape index (κ2) is 8.15. The zero-order valence-corrected chi connectivity index (χ0v) is 15.2. The van der Waals surface area contributed by atoms with E-state index in [-0.39, 0.29) is 36.3 Å². The summed E-state index contributed by atoms with van der Waals surface area (Å²) in [6.45, 7) is 7.21. The highest BCUT2D eigenvalue weighted by Crippen LogP contribution is 2.29. The van der Waals surface area contributed by atoms with Crippen LogP contribution >= 0.6 is 24.8 Å². The van der Waals surface area contributed by atoms with Crippen LogP contribution in [0.2, 0.25) is 0 Å². The van der Waals surface area contributed by atoms with Crippen molar-refractivity contribution in [3.05, 3.63) is 42.4 Å². The van der Waals surface area contributed by atoms with Gasteiger partial charge in [0.2, 0.25) is 5.89 Å². The number of hydrogen-bond donors (Lipinski definition) is 1. The molecule has 1 unspecified atom stereocenters. The van der Waals surface area contributed by atoms with Gasteiger partial charge in [-0.15, -0.1) is 24.8 Å². The summed E-state index contributed by atoms with van der Waals surface area (Å²) in [6.07, 6.45) is 2.84. The Hall–Kier alpha value is -1.07. The molecule has 2 heterocycles. The first-order valence-electron chi connectivity index (χ1n) is 7.53. The van der Waals surface area contributed by atoms with Crippen molar-refractivity contribution < 1.29 is 4.42 Å². The van der Waals surface area contributed by atoms with Gasteiger partial charge >= 0.3 is 0 Å². The standard InChI is InChI=1S/C17H23N3O.2ClH/c1-17(2)12-20(9-8-15(17)18)11-16-19-10-14(21-16)13-6-4-3-5-7-13;;/h3-7,10,15H,8-9,11-12,18H2,1-2H3;2*1H. The normalized spacial score (nSPS) is 20.4. The molecule has 2 aromatic rings. The van der Waals surface area contributed by atoms with Gasteiger partial charge in [-0.1, -0.05) is 44.2 Å². The van der Waals surface area contributed by atoms with E-state index in [0.717, 1.165) is 43.3 Å². The lowest BCUT2D eigenvalue weighted by molar-refractivity contribution is 0.0832. The van der Waals surface area contributed by atoms with Crippen LogP contribution in [-0.4, -0.2) is 29.0 Å². The van der Waals surface area contributed by atoms with Crippen LogP contribution in [0.25, 0.3) is 11.3 Å². The molecule has 0 aliphatic carbocycles. The van der Waals surface area contributed by atoms with Gasteiger partial charge in [0, 0.05) is 24.7 Å². The van der Waals surface area contributed by atoms with E-state index in [1.807, 2.05) is 36.5 Å². The third-order valence-electron chi connectivity index (χ3n) is 4.36. The van der Waals surface area contributed by atoms with E-state index in [1.54, 1.807) is 0 Å². The van der Waals surface area contributed by atoms with Gasteiger partial charge in [-0.3, -0.25) is 4.90 Å². The highest BCUT2D eigenvalue weighted by Gasteiger charge is 2.33. The Kier molecular flexibility index (Phi) is 7.08. The molecule has 0 amide bonds. The smallest absolute Gasteiger partial charge is 0.209 e. The molecule has 0 radical (unpaired) electrons. The van der Waals surface area contributed by atoms with E-state index < -0.39 is 0 Å². The zero-order chi connectivity index (χ0) is 14.9. The number of aromatic nitrogens is 1. The van der Waals surface area contributed by atoms with E-state index >= 15 is 0 Å². The van der Waals surface area contributed by atoms with Gasteiger partial charge in [0.05, 0.1) is 12.7 Å². The molecular weight excluding hydrogens is 333 g/mol. The van der Waals surface area contributed by atoms with Crippen LogP contribution in [-0.2, 0) is 6.54 Å². The number of likely N-dealkylation sites (tertiary alicyclic amines) is 1. The summed E-state index contributed by atoms with van der Waals surface area (Å²) in [5, 5.41) is 0. The Morgan fingerprint density at radius 1 is 1.26 bits per heavy atom. The second-order valence-electron chi connectivity index (χ2n) is 6.58. The number of oxazole rings is 1. The molecule has 1 aromatic heterocycles. The Morgan fingerprint density at radius 3 is 2.61 bits per heavy atom. The molecule has 0 saturated carbocycles. The van der Waals surface area contributed by atoms with Crippen molar-refractivity contribution in [1.29, 1.82) is 0 Å². The van der Waals surface area contributed by atoms with Crippen LogP contribution in [0.1, 0.15) is 26.2 Å². The SMILES string of the molecule is CC1(C)CN(Cc2ncc(-c3ccccc3)o2)CCC1N.Cl.Cl. The molecule has 6 heteroatoms. The summed E-state index contributed by atoms with van der Waals surface area (Å²) in [5.74, 6) is 1.61. The van der Waals surface area contributed by atoms with E-state index in [9.17, 15) is 0 Å². The molecule has 23 heavy (non-hydrogen) atoms. The maximum atomic E-state index is 6.18. The Bertz CT molecular complexity index is 601. The van der Waals surface area contributed by atoms with Gasteiger partial charge in [-0.25, -0.2) is 4.98 Å². The fourth-order valence-corrected chi connectivity index (χ4v) is 2.93. The highest BCUT2D eigenvalue weighted by atomic mass is 35.5. The Morgan fingerprint density at radius 2 is 1.96 bits per heavy atom. The van der Waals surface area contributed by atoms with Crippen molar-refractivity contribution in [2.45, 2.75) is 32.9 Å². The van der Waals surface area contributed by atoms with Gasteiger partial charge in [0.15, 0.2) is 5.76 Å². The molecule has 0 bridgehead atoms. The summed E-state index contributed by atoms with van der Waals surface area (Å²) in [4.78, 5) is 6.79. The number of halogens is 2. The quantitative estimate of drug-likeness (QED) is 0.908. The predicted octanol–water partition coefficient (Wildman–Crippen LogP) is 3.74. The van der Waals surface area contributed by atoms with E-state index in [0.29, 0.717) is 0 Å². The summed E-state index contributed by atoms with van der Waals surface area (Å²) < 4.78 is 5.88. The number of benzene rings is 1. The zero-order valence-electron chi connectivity index (χ0n) is 13.6. The molecule has 4 nitrogen and oxygen atoms in total. The third kappa shape index (κ3) is 4.70. The Labute approximate surface area is 150 Å². The minimum absolute atomic E-state index is 0. The van der Waals surface area contributed by atoms with Crippen molar-refractivity contribution in [3.63, 3.8) is 0 Å². The van der Waals surface area contributed by atoms with Crippen molar-refractivity contribution in [2.75, 3.05) is 13.1 Å². The fraction of sp³-hybridized carbons (Fsp3) is 0.471. The largest absolute Gasteiger partial charge is 0.439 e. The van der Waals surface area contributed by atoms with Crippen molar-refractivity contribution >= 4 is 24.8 Å². The summed E-state index contributed by atoms with van der Waals surface area (Å²) in [5.41, 5.74) is 7.40. The highest BCUT2D eigenvalue weighted by molar-refractivity contribution is 5.85. The van der Waals surface area contributed by atoms with Crippen LogP contribution in [0.4, 0.5) is 0 Å². The molecule has 3 rings (SSSR count). The lowest BCUT2D eigenvalue weighted by Crippen LogP contribution is -2.52. The first-order valence-corrected chi connectivity index (χ1v) is 7.53. The van der Waals surface area contributed by atoms with Crippen molar-refractivity contribution in [1.82, 2.24) is 9.88 Å². The monoisotopic (exact) mass is 357 g/mol. The van der Waals surface area contributed by atoms with Gasteiger partial charge < -0.3 is 10.2 Å². The van der Waals surface area contributed by atoms with E-state index in [1.165, 1.54) is 0 Å². The molecule has 2 N–H and O–H groups in total. The first-order chi connectivity index (χ1) is 10.0. The average Bonchev–Trinajstić information content (AvgIpc) is 2.92. The molecule has 1 fully saturated rings. The van der Waals surface area contributed by atoms with Gasteiger partial charge in [-0.05, 0) is 11.8 Å². The third-order valence-corrected chi connectivity index (χ3v) is 4.36. The molecule has 128 valence electrons. The molecule has 1 aliphatic heterocycles. The fourth-order valence-electron chi connectivity index (χ4n) is 2.93. The molecule has 1 atom stereocenters. The number of hydrogen-bond acceptors (Lipinski definition) is 4. The van der Waals surface area contributed by atoms with E-state index in [2.05, 4.69) is 23.7 Å². The average molecular weight is 358 g/mol. The topological polar surface area (TPSA) is 55.3 Å². The predicted molar refractivity (Wildman–Crippen MR) is 98.1 cm³/mol. The minimum atomic E-state index is 0. The van der Waals surface area contributed by atoms with Crippen LogP contribution < -0.4 is 5.73 Å². The van der Waals surface area contributed by atoms with E-state index in [4.69, 9.17) is 10.2 Å². The molecule has 1 aliphatic rings. The molecular formula is C17H25Cl2N3O. The maximum absolute atomic E-state index is 6.18. The number of nitrogens with two attached hydrogens (primary N) is 1. The number of piperidine rings is 1. The second-order valence-corrected chi connectivity index (χ2v) is 6.58. The summed E-state index contributed by atoms with van der Waals surface area (Å²) in [7, 11) is 0. The Balaban J connectivity index is 0.00000132. The lowest BCUT2D eigenvalue weighted by Gasteiger charge is -2.42. The van der Waals surface area contributed by atoms with Gasteiger partial charge in [0.1, 0.15) is 0 Å². The summed E-state index contributed by atoms with van der Waals surface area (Å²) >= 11 is 0. The van der Waals surface area contributed by atoms with Crippen LogP contribution in [0, 0.1) is 5.41 Å². The van der Waals surface area contributed by atoms with Crippen LogP contribution in [0.15, 0.2) is 40.9 Å².